The molecule has 3 fully saturated rings. The Kier molecular flexibility index (Phi) is 5.89. The van der Waals surface area contributed by atoms with Crippen molar-refractivity contribution in [1.82, 2.24) is 25.3 Å². The number of amides is 1. The van der Waals surface area contributed by atoms with Crippen LogP contribution in [0, 0.1) is 0 Å². The molecule has 3 aliphatic rings. The van der Waals surface area contributed by atoms with Crippen LogP contribution in [0.15, 0.2) is 18.5 Å². The number of rotatable bonds is 6. The highest BCUT2D eigenvalue weighted by Gasteiger charge is 2.34. The van der Waals surface area contributed by atoms with E-state index >= 15 is 0 Å². The molecule has 2 saturated carbocycles. The molecule has 1 amide bonds. The number of carbonyl (C=O) groups excluding carboxylic acids is 1. The third-order valence-corrected chi connectivity index (χ3v) is 5.98. The Labute approximate surface area is 185 Å². The number of hydrogen-bond acceptors (Lipinski definition) is 10. The third-order valence-electron chi connectivity index (χ3n) is 5.98. The maximum atomic E-state index is 11.9. The minimum Gasteiger partial charge on any atom is -0.474 e. The summed E-state index contributed by atoms with van der Waals surface area (Å²) in [5.74, 6) is 1.26. The van der Waals surface area contributed by atoms with Gasteiger partial charge in [-0.15, -0.1) is 0 Å². The van der Waals surface area contributed by atoms with E-state index in [0.717, 1.165) is 24.8 Å². The Morgan fingerprint density at radius 1 is 1.12 bits per heavy atom. The molecule has 0 unspecified atom stereocenters. The van der Waals surface area contributed by atoms with Gasteiger partial charge in [-0.3, -0.25) is 0 Å². The number of ether oxygens (including phenoxy) is 3. The summed E-state index contributed by atoms with van der Waals surface area (Å²) in [6.07, 6.45) is 7.45. The predicted molar refractivity (Wildman–Crippen MR) is 115 cm³/mol. The van der Waals surface area contributed by atoms with E-state index in [0.29, 0.717) is 56.7 Å². The molecule has 2 aromatic heterocycles. The molecular formula is C21H27N7O4. The molecule has 3 N–H and O–H groups in total. The van der Waals surface area contributed by atoms with Gasteiger partial charge < -0.3 is 30.2 Å². The molecule has 32 heavy (non-hydrogen) atoms. The van der Waals surface area contributed by atoms with Crippen molar-refractivity contribution in [3.8, 4) is 17.1 Å². The van der Waals surface area contributed by atoms with E-state index < -0.39 is 0 Å². The summed E-state index contributed by atoms with van der Waals surface area (Å²) in [5, 5.41) is 2.91. The highest BCUT2D eigenvalue weighted by Crippen LogP contribution is 2.29. The van der Waals surface area contributed by atoms with Crippen molar-refractivity contribution in [2.24, 2.45) is 0 Å². The highest BCUT2D eigenvalue weighted by atomic mass is 16.6. The van der Waals surface area contributed by atoms with Crippen molar-refractivity contribution < 1.29 is 19.0 Å². The molecule has 11 nitrogen and oxygen atoms in total. The van der Waals surface area contributed by atoms with Crippen LogP contribution in [-0.2, 0) is 9.47 Å². The molecule has 0 bridgehead atoms. The number of aromatic nitrogens is 4. The molecule has 3 heterocycles. The van der Waals surface area contributed by atoms with E-state index in [1.54, 1.807) is 18.5 Å². The molecule has 1 aliphatic heterocycles. The smallest absolute Gasteiger partial charge is 0.407 e. The van der Waals surface area contributed by atoms with Gasteiger partial charge in [0, 0.05) is 56.0 Å². The van der Waals surface area contributed by atoms with E-state index in [9.17, 15) is 4.79 Å². The standard InChI is InChI=1S/C21H27N7O4/c22-19-23-11-13(12-24-19)17-10-18(27-20(26-17)28-4-6-30-7-5-28)31-16-8-14(9-16)25-21(29)32-15-2-1-3-15/h10-12,14-16H,1-9H2,(H,25,29)(H2,22,23,24)/t14-,16-. The number of nitrogen functional groups attached to an aromatic ring is 1. The average Bonchev–Trinajstić information content (AvgIpc) is 2.76. The molecule has 2 aliphatic carbocycles. The summed E-state index contributed by atoms with van der Waals surface area (Å²) in [4.78, 5) is 31.4. The predicted octanol–water partition coefficient (Wildman–Crippen LogP) is 1.54. The molecular weight excluding hydrogens is 414 g/mol. The van der Waals surface area contributed by atoms with E-state index in [1.807, 2.05) is 0 Å². The first-order chi connectivity index (χ1) is 15.6. The maximum absolute atomic E-state index is 11.9. The van der Waals surface area contributed by atoms with Gasteiger partial charge in [0.15, 0.2) is 0 Å². The van der Waals surface area contributed by atoms with E-state index in [2.05, 4.69) is 30.2 Å². The molecule has 0 atom stereocenters. The van der Waals surface area contributed by atoms with E-state index in [4.69, 9.17) is 19.9 Å². The molecule has 0 radical (unpaired) electrons. The van der Waals surface area contributed by atoms with Crippen molar-refractivity contribution in [2.75, 3.05) is 36.9 Å². The third kappa shape index (κ3) is 4.82. The lowest BCUT2D eigenvalue weighted by Crippen LogP contribution is -2.50. The van der Waals surface area contributed by atoms with Gasteiger partial charge in [-0.25, -0.2) is 19.7 Å². The second kappa shape index (κ2) is 9.11. The van der Waals surface area contributed by atoms with Crippen LogP contribution in [0.2, 0.25) is 0 Å². The molecule has 0 spiro atoms. The van der Waals surface area contributed by atoms with E-state index in [1.165, 1.54) is 0 Å². The number of alkyl carbamates (subject to hydrolysis) is 1. The summed E-state index contributed by atoms with van der Waals surface area (Å²) >= 11 is 0. The quantitative estimate of drug-likeness (QED) is 0.679. The van der Waals surface area contributed by atoms with Gasteiger partial charge >= 0.3 is 6.09 Å². The van der Waals surface area contributed by atoms with Crippen LogP contribution in [0.5, 0.6) is 5.88 Å². The largest absolute Gasteiger partial charge is 0.474 e. The molecule has 0 aromatic carbocycles. The molecule has 1 saturated heterocycles. The number of carbonyl (C=O) groups is 1. The van der Waals surface area contributed by atoms with Crippen LogP contribution in [0.3, 0.4) is 0 Å². The monoisotopic (exact) mass is 441 g/mol. The molecule has 11 heteroatoms. The average molecular weight is 441 g/mol. The highest BCUT2D eigenvalue weighted by molar-refractivity contribution is 5.68. The van der Waals surface area contributed by atoms with Crippen molar-refractivity contribution in [3.63, 3.8) is 0 Å². The molecule has 5 rings (SSSR count). The Bertz CT molecular complexity index is 942. The van der Waals surface area contributed by atoms with Crippen LogP contribution < -0.4 is 20.7 Å². The van der Waals surface area contributed by atoms with Crippen LogP contribution in [0.1, 0.15) is 32.1 Å². The number of hydrogen-bond donors (Lipinski definition) is 2. The van der Waals surface area contributed by atoms with Gasteiger partial charge in [-0.1, -0.05) is 0 Å². The SMILES string of the molecule is Nc1ncc(-c2cc(O[C@H]3C[C@H](NC(=O)OC4CCC4)C3)nc(N3CCOCC3)n2)cn1. The number of anilines is 2. The zero-order valence-corrected chi connectivity index (χ0v) is 17.8. The number of nitrogens with two attached hydrogens (primary N) is 1. The summed E-state index contributed by atoms with van der Waals surface area (Å²) in [5.41, 5.74) is 7.01. The first kappa shape index (κ1) is 20.7. The normalized spacial score (nSPS) is 23.1. The lowest BCUT2D eigenvalue weighted by Gasteiger charge is -2.36. The van der Waals surface area contributed by atoms with E-state index in [-0.39, 0.29) is 30.3 Å². The lowest BCUT2D eigenvalue weighted by molar-refractivity contribution is 0.0363. The van der Waals surface area contributed by atoms with Gasteiger partial charge in [0.05, 0.1) is 18.9 Å². The van der Waals surface area contributed by atoms with Crippen LogP contribution in [-0.4, -0.2) is 70.6 Å². The van der Waals surface area contributed by atoms with Crippen LogP contribution >= 0.6 is 0 Å². The molecule has 2 aromatic rings. The molecule has 170 valence electrons. The lowest BCUT2D eigenvalue weighted by atomic mass is 9.89. The van der Waals surface area contributed by atoms with Crippen LogP contribution in [0.4, 0.5) is 16.7 Å². The fraction of sp³-hybridized carbons (Fsp3) is 0.571. The van der Waals surface area contributed by atoms with Crippen LogP contribution in [0.25, 0.3) is 11.3 Å². The Balaban J connectivity index is 1.25. The fourth-order valence-electron chi connectivity index (χ4n) is 3.79. The minimum atomic E-state index is -0.333. The summed E-state index contributed by atoms with van der Waals surface area (Å²) in [6, 6.07) is 1.84. The summed E-state index contributed by atoms with van der Waals surface area (Å²) in [6.45, 7) is 2.67. The zero-order valence-electron chi connectivity index (χ0n) is 17.8. The Morgan fingerprint density at radius 2 is 1.88 bits per heavy atom. The topological polar surface area (TPSA) is 138 Å². The van der Waals surface area contributed by atoms with Crippen molar-refractivity contribution in [1.29, 1.82) is 0 Å². The maximum Gasteiger partial charge on any atom is 0.407 e. The fourth-order valence-corrected chi connectivity index (χ4v) is 3.79. The van der Waals surface area contributed by atoms with Gasteiger partial charge in [-0.2, -0.15) is 4.98 Å². The second-order valence-electron chi connectivity index (χ2n) is 8.33. The Hall–Kier alpha value is -3.21. The van der Waals surface area contributed by atoms with Gasteiger partial charge in [0.25, 0.3) is 0 Å². The zero-order chi connectivity index (χ0) is 21.9. The summed E-state index contributed by atoms with van der Waals surface area (Å²) < 4.78 is 16.9. The number of nitrogens with zero attached hydrogens (tertiary/aromatic N) is 5. The van der Waals surface area contributed by atoms with Gasteiger partial charge in [0.2, 0.25) is 17.8 Å². The van der Waals surface area contributed by atoms with Gasteiger partial charge in [-0.05, 0) is 19.3 Å². The first-order valence-corrected chi connectivity index (χ1v) is 11.1. The first-order valence-electron chi connectivity index (χ1n) is 11.1. The second-order valence-corrected chi connectivity index (χ2v) is 8.33. The van der Waals surface area contributed by atoms with Crippen molar-refractivity contribution in [3.05, 3.63) is 18.5 Å². The number of morpholine rings is 1. The number of nitrogens with one attached hydrogen (secondary N) is 1. The van der Waals surface area contributed by atoms with Crippen molar-refractivity contribution in [2.45, 2.75) is 50.4 Å². The van der Waals surface area contributed by atoms with Crippen molar-refractivity contribution >= 4 is 18.0 Å². The minimum absolute atomic E-state index is 0.0352. The summed E-state index contributed by atoms with van der Waals surface area (Å²) in [7, 11) is 0. The van der Waals surface area contributed by atoms with Gasteiger partial charge in [0.1, 0.15) is 12.2 Å². The Morgan fingerprint density at radius 3 is 2.56 bits per heavy atom.